The average molecular weight is 300 g/mol. The molecule has 0 bridgehead atoms. The lowest BCUT2D eigenvalue weighted by molar-refractivity contribution is 0.160. The zero-order chi connectivity index (χ0) is 15.5. The molecule has 1 aliphatic heterocycles. The Morgan fingerprint density at radius 2 is 1.77 bits per heavy atom. The summed E-state index contributed by atoms with van der Waals surface area (Å²) in [5, 5.41) is 28.1. The molecule has 0 radical (unpaired) electrons. The van der Waals surface area contributed by atoms with E-state index in [2.05, 4.69) is 6.07 Å². The monoisotopic (exact) mass is 300 g/mol. The van der Waals surface area contributed by atoms with Gasteiger partial charge in [-0.25, -0.2) is 0 Å². The number of aliphatic hydroxyl groups excluding tert-OH is 2. The minimum atomic E-state index is -0.242. The van der Waals surface area contributed by atoms with Crippen molar-refractivity contribution >= 4 is 0 Å². The summed E-state index contributed by atoms with van der Waals surface area (Å²) in [6.45, 7) is 0.176. The quantitative estimate of drug-likeness (QED) is 0.793. The third-order valence-corrected chi connectivity index (χ3v) is 4.13. The molecule has 3 N–H and O–H groups in total. The van der Waals surface area contributed by atoms with Crippen LogP contribution in [0.3, 0.4) is 0 Å². The number of benzene rings is 2. The molecule has 2 aromatic carbocycles. The van der Waals surface area contributed by atoms with Crippen molar-refractivity contribution in [3.63, 3.8) is 0 Å². The molecule has 0 saturated carbocycles. The third kappa shape index (κ3) is 2.80. The molecule has 2 atom stereocenters. The van der Waals surface area contributed by atoms with Crippen LogP contribution in [0.25, 0.3) is 0 Å². The average Bonchev–Trinajstić information content (AvgIpc) is 2.91. The number of rotatable bonds is 5. The van der Waals surface area contributed by atoms with E-state index in [1.54, 1.807) is 12.1 Å². The number of hydrogen-bond donors (Lipinski definition) is 3. The standard InChI is InChI=1S/C18H20O4/c19-9-1-2-12-3-8-17-15(10-12)16(11-20)18(22-17)13-4-6-14(21)7-5-13/h3-8,10,16,18-21H,1-2,9,11H2/t16-,18+/m1/s1. The molecule has 1 aliphatic rings. The van der Waals surface area contributed by atoms with Gasteiger partial charge in [-0.2, -0.15) is 0 Å². The van der Waals surface area contributed by atoms with Crippen LogP contribution in [0.1, 0.15) is 35.1 Å². The van der Waals surface area contributed by atoms with Gasteiger partial charge in [0.15, 0.2) is 0 Å². The highest BCUT2D eigenvalue weighted by atomic mass is 16.5. The van der Waals surface area contributed by atoms with E-state index in [0.717, 1.165) is 35.3 Å². The highest BCUT2D eigenvalue weighted by Gasteiger charge is 2.35. The van der Waals surface area contributed by atoms with Crippen molar-refractivity contribution < 1.29 is 20.1 Å². The van der Waals surface area contributed by atoms with E-state index >= 15 is 0 Å². The first-order chi connectivity index (χ1) is 10.7. The summed E-state index contributed by atoms with van der Waals surface area (Å²) >= 11 is 0. The molecule has 0 aliphatic carbocycles. The summed E-state index contributed by atoms with van der Waals surface area (Å²) in [5.74, 6) is 0.893. The smallest absolute Gasteiger partial charge is 0.133 e. The Balaban J connectivity index is 1.88. The van der Waals surface area contributed by atoms with Crippen LogP contribution >= 0.6 is 0 Å². The minimum Gasteiger partial charge on any atom is -0.508 e. The van der Waals surface area contributed by atoms with E-state index in [0.29, 0.717) is 0 Å². The molecule has 4 nitrogen and oxygen atoms in total. The van der Waals surface area contributed by atoms with Crippen LogP contribution in [0, 0.1) is 0 Å². The second-order valence-corrected chi connectivity index (χ2v) is 5.62. The Morgan fingerprint density at radius 1 is 1.00 bits per heavy atom. The number of phenolic OH excluding ortho intramolecular Hbond substituents is 1. The molecule has 116 valence electrons. The van der Waals surface area contributed by atoms with Gasteiger partial charge in [-0.05, 0) is 42.2 Å². The van der Waals surface area contributed by atoms with Gasteiger partial charge in [-0.1, -0.05) is 24.3 Å². The lowest BCUT2D eigenvalue weighted by atomic mass is 9.90. The normalized spacial score (nSPS) is 19.7. The third-order valence-electron chi connectivity index (χ3n) is 4.13. The Hall–Kier alpha value is -2.04. The molecule has 1 heterocycles. The largest absolute Gasteiger partial charge is 0.508 e. The highest BCUT2D eigenvalue weighted by molar-refractivity contribution is 5.46. The molecule has 0 fully saturated rings. The van der Waals surface area contributed by atoms with Crippen molar-refractivity contribution in [2.45, 2.75) is 24.9 Å². The summed E-state index contributed by atoms with van der Waals surface area (Å²) < 4.78 is 6.00. The van der Waals surface area contributed by atoms with E-state index in [1.165, 1.54) is 0 Å². The number of aliphatic hydroxyl groups is 2. The Morgan fingerprint density at radius 3 is 2.45 bits per heavy atom. The molecule has 0 spiro atoms. The van der Waals surface area contributed by atoms with Crippen LogP contribution in [0.4, 0.5) is 0 Å². The lowest BCUT2D eigenvalue weighted by Crippen LogP contribution is -2.13. The van der Waals surface area contributed by atoms with Gasteiger partial charge in [0, 0.05) is 12.2 Å². The summed E-state index contributed by atoms with van der Waals surface area (Å²) in [6.07, 6.45) is 1.30. The number of ether oxygens (including phenoxy) is 1. The molecular formula is C18H20O4. The molecule has 3 rings (SSSR count). The minimum absolute atomic E-state index is 0.00198. The van der Waals surface area contributed by atoms with Crippen molar-refractivity contribution in [1.29, 1.82) is 0 Å². The van der Waals surface area contributed by atoms with Gasteiger partial charge in [0.25, 0.3) is 0 Å². The van der Waals surface area contributed by atoms with E-state index in [9.17, 15) is 10.2 Å². The summed E-state index contributed by atoms with van der Waals surface area (Å²) in [5.41, 5.74) is 3.09. The molecule has 0 aromatic heterocycles. The van der Waals surface area contributed by atoms with E-state index in [1.807, 2.05) is 24.3 Å². The fourth-order valence-electron chi connectivity index (χ4n) is 2.97. The maximum absolute atomic E-state index is 9.80. The summed E-state index contributed by atoms with van der Waals surface area (Å²) in [6, 6.07) is 12.9. The van der Waals surface area contributed by atoms with Crippen molar-refractivity contribution in [3.05, 3.63) is 59.2 Å². The van der Waals surface area contributed by atoms with Crippen molar-refractivity contribution in [3.8, 4) is 11.5 Å². The summed E-state index contributed by atoms with van der Waals surface area (Å²) in [7, 11) is 0. The van der Waals surface area contributed by atoms with E-state index in [-0.39, 0.29) is 31.0 Å². The Bertz CT molecular complexity index is 636. The number of hydrogen-bond acceptors (Lipinski definition) is 4. The Kier molecular flexibility index (Phi) is 4.32. The molecular weight excluding hydrogens is 280 g/mol. The maximum atomic E-state index is 9.80. The molecule has 0 saturated heterocycles. The van der Waals surface area contributed by atoms with Gasteiger partial charge in [0.05, 0.1) is 12.5 Å². The van der Waals surface area contributed by atoms with Crippen molar-refractivity contribution in [2.24, 2.45) is 0 Å². The topological polar surface area (TPSA) is 69.9 Å². The van der Waals surface area contributed by atoms with Gasteiger partial charge in [-0.3, -0.25) is 0 Å². The molecule has 22 heavy (non-hydrogen) atoms. The molecule has 2 aromatic rings. The van der Waals surface area contributed by atoms with Crippen LogP contribution in [-0.4, -0.2) is 28.5 Å². The van der Waals surface area contributed by atoms with Gasteiger partial charge in [0.2, 0.25) is 0 Å². The first-order valence-corrected chi connectivity index (χ1v) is 7.53. The van der Waals surface area contributed by atoms with Crippen LogP contribution in [-0.2, 0) is 6.42 Å². The number of aryl methyl sites for hydroxylation is 1. The maximum Gasteiger partial charge on any atom is 0.133 e. The number of fused-ring (bicyclic) bond motifs is 1. The first kappa shape index (κ1) is 14.9. The molecule has 0 amide bonds. The van der Waals surface area contributed by atoms with Crippen LogP contribution < -0.4 is 4.74 Å². The van der Waals surface area contributed by atoms with E-state index < -0.39 is 0 Å². The first-order valence-electron chi connectivity index (χ1n) is 7.53. The van der Waals surface area contributed by atoms with Gasteiger partial charge in [-0.15, -0.1) is 0 Å². The predicted octanol–water partition coefficient (Wildman–Crippen LogP) is 2.53. The lowest BCUT2D eigenvalue weighted by Gasteiger charge is -2.17. The Labute approximate surface area is 129 Å². The van der Waals surface area contributed by atoms with Crippen LogP contribution in [0.15, 0.2) is 42.5 Å². The molecule has 0 unspecified atom stereocenters. The number of aromatic hydroxyl groups is 1. The highest BCUT2D eigenvalue weighted by Crippen LogP contribution is 2.46. The van der Waals surface area contributed by atoms with Crippen molar-refractivity contribution in [1.82, 2.24) is 0 Å². The van der Waals surface area contributed by atoms with Gasteiger partial charge >= 0.3 is 0 Å². The van der Waals surface area contributed by atoms with Gasteiger partial charge < -0.3 is 20.1 Å². The number of phenols is 1. The summed E-state index contributed by atoms with van der Waals surface area (Å²) in [4.78, 5) is 0. The second kappa shape index (κ2) is 6.38. The van der Waals surface area contributed by atoms with Crippen LogP contribution in [0.2, 0.25) is 0 Å². The predicted molar refractivity (Wildman–Crippen MR) is 83.2 cm³/mol. The molecule has 4 heteroatoms. The van der Waals surface area contributed by atoms with Crippen LogP contribution in [0.5, 0.6) is 11.5 Å². The SMILES string of the molecule is OCCCc1ccc2c(c1)[C@@H](CO)[C@H](c1ccc(O)cc1)O2. The van der Waals surface area contributed by atoms with E-state index in [4.69, 9.17) is 9.84 Å². The zero-order valence-corrected chi connectivity index (χ0v) is 12.3. The second-order valence-electron chi connectivity index (χ2n) is 5.62. The van der Waals surface area contributed by atoms with Crippen molar-refractivity contribution in [2.75, 3.05) is 13.2 Å². The zero-order valence-electron chi connectivity index (χ0n) is 12.3. The fraction of sp³-hybridized carbons (Fsp3) is 0.333. The fourth-order valence-corrected chi connectivity index (χ4v) is 2.97. The van der Waals surface area contributed by atoms with Gasteiger partial charge in [0.1, 0.15) is 17.6 Å².